The van der Waals surface area contributed by atoms with Crippen molar-refractivity contribution in [1.82, 2.24) is 25.0 Å². The minimum Gasteiger partial charge on any atom is -0.310 e. The molecule has 2 aromatic carbocycles. The number of hydrogen-bond donors (Lipinski definition) is 1. The molecule has 3 aromatic heterocycles. The Labute approximate surface area is 197 Å². The molecule has 0 radical (unpaired) electrons. The Kier molecular flexibility index (Phi) is 5.90. The van der Waals surface area contributed by atoms with E-state index >= 15 is 0 Å². The molecular formula is C27H22N6O. The highest BCUT2D eigenvalue weighted by Gasteiger charge is 2.26. The molecule has 166 valence electrons. The fourth-order valence-corrected chi connectivity index (χ4v) is 3.75. The number of benzene rings is 2. The van der Waals surface area contributed by atoms with E-state index in [1.807, 2.05) is 85.8 Å². The zero-order chi connectivity index (χ0) is 23.3. The summed E-state index contributed by atoms with van der Waals surface area (Å²) < 4.78 is 1.74. The molecule has 0 bridgehead atoms. The summed E-state index contributed by atoms with van der Waals surface area (Å²) in [5, 5.41) is 11.7. The van der Waals surface area contributed by atoms with Crippen molar-refractivity contribution in [2.24, 2.45) is 0 Å². The third-order valence-corrected chi connectivity index (χ3v) is 5.58. The van der Waals surface area contributed by atoms with Crippen LogP contribution in [0.15, 0.2) is 104 Å². The fourth-order valence-electron chi connectivity index (χ4n) is 3.75. The number of aromatic nitrogens is 5. The molecule has 1 atom stereocenters. The lowest BCUT2D eigenvalue weighted by Crippen LogP contribution is -2.20. The summed E-state index contributed by atoms with van der Waals surface area (Å²) in [5.41, 5.74) is 5.14. The van der Waals surface area contributed by atoms with E-state index in [9.17, 15) is 4.79 Å². The monoisotopic (exact) mass is 446 g/mol. The predicted molar refractivity (Wildman–Crippen MR) is 131 cm³/mol. The Hall–Kier alpha value is -4.65. The lowest BCUT2D eigenvalue weighted by molar-refractivity contribution is -0.117. The van der Waals surface area contributed by atoms with Crippen LogP contribution in [0, 0.1) is 0 Å². The fraction of sp³-hybridized carbons (Fsp3) is 0.0741. The van der Waals surface area contributed by atoms with Crippen molar-refractivity contribution in [3.05, 3.63) is 109 Å². The summed E-state index contributed by atoms with van der Waals surface area (Å²) in [7, 11) is 0. The first-order valence-electron chi connectivity index (χ1n) is 10.9. The molecule has 3 heterocycles. The van der Waals surface area contributed by atoms with E-state index in [1.165, 1.54) is 0 Å². The lowest BCUT2D eigenvalue weighted by Gasteiger charge is -2.13. The average molecular weight is 447 g/mol. The standard InChI is InChI=1S/C27H22N6O/c1-19(27(34)30-24-13-12-22(18-29-24)20-8-4-2-5-9-20)25-26(21-10-6-3-7-11-21)33(32-31-25)23-14-16-28-17-15-23/h2-19H,1H3,(H,29,30,34). The van der Waals surface area contributed by atoms with Gasteiger partial charge in [-0.05, 0) is 36.8 Å². The van der Waals surface area contributed by atoms with Crippen LogP contribution in [0.5, 0.6) is 0 Å². The number of carbonyl (C=O) groups excluding carboxylic acids is 1. The first-order chi connectivity index (χ1) is 16.7. The van der Waals surface area contributed by atoms with Crippen molar-refractivity contribution in [1.29, 1.82) is 0 Å². The molecule has 1 amide bonds. The normalized spacial score (nSPS) is 11.7. The van der Waals surface area contributed by atoms with Crippen LogP contribution in [0.1, 0.15) is 18.5 Å². The third kappa shape index (κ3) is 4.31. The molecule has 1 N–H and O–H groups in total. The number of carbonyl (C=O) groups is 1. The van der Waals surface area contributed by atoms with E-state index in [0.717, 1.165) is 28.1 Å². The number of anilines is 1. The van der Waals surface area contributed by atoms with Gasteiger partial charge in [0.25, 0.3) is 0 Å². The summed E-state index contributed by atoms with van der Waals surface area (Å²) in [6.07, 6.45) is 5.16. The van der Waals surface area contributed by atoms with Gasteiger partial charge >= 0.3 is 0 Å². The van der Waals surface area contributed by atoms with Gasteiger partial charge in [-0.2, -0.15) is 0 Å². The molecule has 7 nitrogen and oxygen atoms in total. The van der Waals surface area contributed by atoms with Crippen molar-refractivity contribution < 1.29 is 4.79 Å². The molecule has 7 heteroatoms. The summed E-state index contributed by atoms with van der Waals surface area (Å²) in [6.45, 7) is 1.82. The lowest BCUT2D eigenvalue weighted by atomic mass is 10.0. The Morgan fingerprint density at radius 3 is 2.15 bits per heavy atom. The van der Waals surface area contributed by atoms with E-state index < -0.39 is 5.92 Å². The molecule has 0 saturated carbocycles. The van der Waals surface area contributed by atoms with Crippen LogP contribution >= 0.6 is 0 Å². The van der Waals surface area contributed by atoms with Crippen molar-refractivity contribution in [2.45, 2.75) is 12.8 Å². The van der Waals surface area contributed by atoms with E-state index in [0.29, 0.717) is 11.5 Å². The largest absolute Gasteiger partial charge is 0.310 e. The van der Waals surface area contributed by atoms with Crippen LogP contribution in [0.4, 0.5) is 5.82 Å². The SMILES string of the molecule is CC(C(=O)Nc1ccc(-c2ccccc2)cn1)c1nnn(-c2ccncc2)c1-c1ccccc1. The Morgan fingerprint density at radius 1 is 0.824 bits per heavy atom. The number of hydrogen-bond acceptors (Lipinski definition) is 5. The maximum atomic E-state index is 13.2. The molecule has 0 fully saturated rings. The Morgan fingerprint density at radius 2 is 1.50 bits per heavy atom. The van der Waals surface area contributed by atoms with Crippen LogP contribution in [0.25, 0.3) is 28.1 Å². The predicted octanol–water partition coefficient (Wildman–Crippen LogP) is 5.13. The topological polar surface area (TPSA) is 85.6 Å². The first-order valence-corrected chi connectivity index (χ1v) is 10.9. The maximum Gasteiger partial charge on any atom is 0.234 e. The van der Waals surface area contributed by atoms with Crippen molar-refractivity contribution in [3.8, 4) is 28.1 Å². The summed E-state index contributed by atoms with van der Waals surface area (Å²) >= 11 is 0. The molecule has 34 heavy (non-hydrogen) atoms. The van der Waals surface area contributed by atoms with Crippen molar-refractivity contribution >= 4 is 11.7 Å². The van der Waals surface area contributed by atoms with Crippen LogP contribution in [0.2, 0.25) is 0 Å². The quantitative estimate of drug-likeness (QED) is 0.391. The number of pyridine rings is 2. The highest BCUT2D eigenvalue weighted by Crippen LogP contribution is 2.30. The van der Waals surface area contributed by atoms with E-state index in [1.54, 1.807) is 29.3 Å². The molecule has 5 rings (SSSR count). The van der Waals surface area contributed by atoms with Crippen LogP contribution in [0.3, 0.4) is 0 Å². The molecule has 0 aliphatic carbocycles. The number of rotatable bonds is 6. The van der Waals surface area contributed by atoms with Gasteiger partial charge in [0.1, 0.15) is 11.5 Å². The van der Waals surface area contributed by atoms with Gasteiger partial charge in [0.2, 0.25) is 5.91 Å². The second-order valence-corrected chi connectivity index (χ2v) is 7.82. The molecular weight excluding hydrogens is 424 g/mol. The van der Waals surface area contributed by atoms with Gasteiger partial charge in [-0.25, -0.2) is 9.67 Å². The highest BCUT2D eigenvalue weighted by atomic mass is 16.2. The minimum absolute atomic E-state index is 0.209. The van der Waals surface area contributed by atoms with Crippen LogP contribution < -0.4 is 5.32 Å². The second-order valence-electron chi connectivity index (χ2n) is 7.82. The van der Waals surface area contributed by atoms with E-state index in [-0.39, 0.29) is 5.91 Å². The van der Waals surface area contributed by atoms with Crippen LogP contribution in [-0.2, 0) is 4.79 Å². The molecule has 0 saturated heterocycles. The van der Waals surface area contributed by atoms with E-state index in [2.05, 4.69) is 25.6 Å². The molecule has 5 aromatic rings. The van der Waals surface area contributed by atoms with Gasteiger partial charge in [0, 0.05) is 29.7 Å². The molecule has 1 unspecified atom stereocenters. The number of nitrogens with zero attached hydrogens (tertiary/aromatic N) is 5. The van der Waals surface area contributed by atoms with Crippen molar-refractivity contribution in [2.75, 3.05) is 5.32 Å². The molecule has 0 spiro atoms. The average Bonchev–Trinajstić information content (AvgIpc) is 3.35. The number of nitrogens with one attached hydrogen (secondary N) is 1. The summed E-state index contributed by atoms with van der Waals surface area (Å²) in [4.78, 5) is 21.7. The van der Waals surface area contributed by atoms with Gasteiger partial charge in [-0.1, -0.05) is 65.9 Å². The zero-order valence-corrected chi connectivity index (χ0v) is 18.5. The molecule has 0 aliphatic heterocycles. The van der Waals surface area contributed by atoms with Gasteiger partial charge < -0.3 is 5.32 Å². The van der Waals surface area contributed by atoms with Gasteiger partial charge in [0.05, 0.1) is 17.3 Å². The van der Waals surface area contributed by atoms with Gasteiger partial charge in [-0.3, -0.25) is 9.78 Å². The third-order valence-electron chi connectivity index (χ3n) is 5.58. The minimum atomic E-state index is -0.554. The van der Waals surface area contributed by atoms with Crippen LogP contribution in [-0.4, -0.2) is 30.9 Å². The van der Waals surface area contributed by atoms with Crippen molar-refractivity contribution in [3.63, 3.8) is 0 Å². The Bertz CT molecular complexity index is 1380. The summed E-state index contributed by atoms with van der Waals surface area (Å²) in [5.74, 6) is -0.278. The molecule has 0 aliphatic rings. The van der Waals surface area contributed by atoms with E-state index in [4.69, 9.17) is 0 Å². The first kappa shape index (κ1) is 21.2. The van der Waals surface area contributed by atoms with Gasteiger partial charge in [-0.15, -0.1) is 5.10 Å². The smallest absolute Gasteiger partial charge is 0.234 e. The zero-order valence-electron chi connectivity index (χ0n) is 18.5. The number of amides is 1. The van der Waals surface area contributed by atoms with Gasteiger partial charge in [0.15, 0.2) is 0 Å². The highest BCUT2D eigenvalue weighted by molar-refractivity contribution is 5.95. The maximum absolute atomic E-state index is 13.2. The second kappa shape index (κ2) is 9.46. The Balaban J connectivity index is 1.43. The summed E-state index contributed by atoms with van der Waals surface area (Å²) in [6, 6.07) is 27.3.